The summed E-state index contributed by atoms with van der Waals surface area (Å²) in [5.74, 6) is -0.504. The first kappa shape index (κ1) is 24.3. The number of benzene rings is 4. The highest BCUT2D eigenvalue weighted by molar-refractivity contribution is 5.87. The molecule has 7 nitrogen and oxygen atoms in total. The van der Waals surface area contributed by atoms with E-state index in [1.54, 1.807) is 21.8 Å². The van der Waals surface area contributed by atoms with Gasteiger partial charge in [0.05, 0.1) is 25.2 Å². The van der Waals surface area contributed by atoms with Gasteiger partial charge in [0.1, 0.15) is 11.7 Å². The van der Waals surface area contributed by atoms with Crippen molar-refractivity contribution in [3.8, 4) is 0 Å². The van der Waals surface area contributed by atoms with Gasteiger partial charge < -0.3 is 5.32 Å². The summed E-state index contributed by atoms with van der Waals surface area (Å²) in [6.07, 6.45) is 3.13. The second-order valence-corrected chi connectivity index (χ2v) is 9.47. The van der Waals surface area contributed by atoms with Gasteiger partial charge in [-0.3, -0.25) is 14.2 Å². The van der Waals surface area contributed by atoms with Gasteiger partial charge in [0.15, 0.2) is 5.65 Å². The molecule has 2 heterocycles. The van der Waals surface area contributed by atoms with Gasteiger partial charge in [-0.15, -0.1) is 0 Å². The van der Waals surface area contributed by atoms with Crippen LogP contribution in [0.25, 0.3) is 21.8 Å². The Bertz CT molecular complexity index is 1760. The van der Waals surface area contributed by atoms with Crippen LogP contribution >= 0.6 is 0 Å². The Morgan fingerprint density at radius 3 is 2.21 bits per heavy atom. The van der Waals surface area contributed by atoms with Crippen LogP contribution in [0.15, 0.2) is 120 Å². The molecule has 0 atom stereocenters. The molecule has 0 unspecified atom stereocenters. The summed E-state index contributed by atoms with van der Waals surface area (Å²) in [6.45, 7) is 1.17. The van der Waals surface area contributed by atoms with Crippen molar-refractivity contribution in [2.75, 3.05) is 6.54 Å². The summed E-state index contributed by atoms with van der Waals surface area (Å²) in [6, 6.07) is 33.7. The molecule has 0 aliphatic rings. The standard InChI is InChI=1S/C32H27N5O2/c38-31(29(24-11-3-1-4-12-24)25-13-5-2-6-14-25)33-18-19-37-30-28(20-35-37)32(39)36(22-34-30)21-26-16-9-15-23-10-7-8-17-27(23)26/h1-17,20,22,29H,18-19,21H2,(H,33,38). The molecule has 4 aromatic carbocycles. The lowest BCUT2D eigenvalue weighted by Gasteiger charge is -2.18. The topological polar surface area (TPSA) is 81.8 Å². The third-order valence-electron chi connectivity index (χ3n) is 6.99. The molecule has 1 N–H and O–H groups in total. The third-order valence-corrected chi connectivity index (χ3v) is 6.99. The SMILES string of the molecule is O=C(NCCn1ncc2c(=O)n(Cc3cccc4ccccc34)cnc21)C(c1ccccc1)c1ccccc1. The van der Waals surface area contributed by atoms with Gasteiger partial charge in [-0.25, -0.2) is 9.67 Å². The number of carbonyl (C=O) groups excluding carboxylic acids is 1. The van der Waals surface area contributed by atoms with Crippen molar-refractivity contribution in [2.24, 2.45) is 0 Å². The first-order valence-electron chi connectivity index (χ1n) is 12.9. The zero-order valence-electron chi connectivity index (χ0n) is 21.3. The van der Waals surface area contributed by atoms with E-state index in [-0.39, 0.29) is 11.5 Å². The Kier molecular flexibility index (Phi) is 6.70. The number of nitrogens with zero attached hydrogens (tertiary/aromatic N) is 4. The molecule has 6 rings (SSSR count). The molecule has 39 heavy (non-hydrogen) atoms. The van der Waals surface area contributed by atoms with Crippen LogP contribution in [0, 0.1) is 0 Å². The van der Waals surface area contributed by atoms with E-state index in [0.29, 0.717) is 30.7 Å². The predicted molar refractivity (Wildman–Crippen MR) is 153 cm³/mol. The van der Waals surface area contributed by atoms with Crippen LogP contribution in [0.4, 0.5) is 0 Å². The van der Waals surface area contributed by atoms with Gasteiger partial charge in [-0.05, 0) is 27.5 Å². The number of nitrogens with one attached hydrogen (secondary N) is 1. The summed E-state index contributed by atoms with van der Waals surface area (Å²) >= 11 is 0. The summed E-state index contributed by atoms with van der Waals surface area (Å²) in [7, 11) is 0. The minimum absolute atomic E-state index is 0.0886. The van der Waals surface area contributed by atoms with E-state index >= 15 is 0 Å². The average molecular weight is 514 g/mol. The number of amides is 1. The lowest BCUT2D eigenvalue weighted by molar-refractivity contribution is -0.121. The molecule has 0 fully saturated rings. The van der Waals surface area contributed by atoms with Crippen LogP contribution in [-0.4, -0.2) is 31.8 Å². The number of carbonyl (C=O) groups is 1. The van der Waals surface area contributed by atoms with Gasteiger partial charge in [-0.1, -0.05) is 103 Å². The molecule has 7 heteroatoms. The molecule has 192 valence electrons. The first-order valence-corrected chi connectivity index (χ1v) is 12.9. The Hall–Kier alpha value is -5.04. The molecule has 6 aromatic rings. The van der Waals surface area contributed by atoms with E-state index in [4.69, 9.17) is 0 Å². The van der Waals surface area contributed by atoms with E-state index < -0.39 is 5.92 Å². The smallest absolute Gasteiger partial charge is 0.264 e. The summed E-state index contributed by atoms with van der Waals surface area (Å²) in [5.41, 5.74) is 3.28. The largest absolute Gasteiger partial charge is 0.353 e. The highest BCUT2D eigenvalue weighted by Gasteiger charge is 2.22. The van der Waals surface area contributed by atoms with Crippen molar-refractivity contribution >= 4 is 27.7 Å². The molecule has 1 amide bonds. The van der Waals surface area contributed by atoms with E-state index in [1.165, 1.54) is 0 Å². The Morgan fingerprint density at radius 2 is 1.46 bits per heavy atom. The zero-order valence-corrected chi connectivity index (χ0v) is 21.3. The molecular weight excluding hydrogens is 486 g/mol. The Labute approximate surface area is 225 Å². The number of hydrogen-bond acceptors (Lipinski definition) is 4. The first-order chi connectivity index (χ1) is 19.2. The number of rotatable bonds is 8. The van der Waals surface area contributed by atoms with Crippen molar-refractivity contribution in [3.05, 3.63) is 143 Å². The van der Waals surface area contributed by atoms with Gasteiger partial charge >= 0.3 is 0 Å². The average Bonchev–Trinajstić information content (AvgIpc) is 3.39. The minimum atomic E-state index is -0.416. The normalized spacial score (nSPS) is 11.3. The van der Waals surface area contributed by atoms with Crippen LogP contribution < -0.4 is 10.9 Å². The highest BCUT2D eigenvalue weighted by atomic mass is 16.2. The van der Waals surface area contributed by atoms with Gasteiger partial charge in [0.2, 0.25) is 5.91 Å². The fourth-order valence-electron chi connectivity index (χ4n) is 5.06. The molecule has 0 saturated heterocycles. The van der Waals surface area contributed by atoms with E-state index in [9.17, 15) is 9.59 Å². The van der Waals surface area contributed by atoms with Crippen LogP contribution in [0.3, 0.4) is 0 Å². The Balaban J connectivity index is 1.18. The van der Waals surface area contributed by atoms with Crippen molar-refractivity contribution in [1.82, 2.24) is 24.6 Å². The van der Waals surface area contributed by atoms with E-state index in [0.717, 1.165) is 27.5 Å². The molecule has 0 spiro atoms. The van der Waals surface area contributed by atoms with E-state index in [2.05, 4.69) is 33.6 Å². The molecule has 0 aliphatic heterocycles. The zero-order chi connectivity index (χ0) is 26.6. The Morgan fingerprint density at radius 1 is 0.795 bits per heavy atom. The summed E-state index contributed by atoms with van der Waals surface area (Å²) in [5, 5.41) is 10.2. The minimum Gasteiger partial charge on any atom is -0.353 e. The van der Waals surface area contributed by atoms with E-state index in [1.807, 2.05) is 84.9 Å². The second-order valence-electron chi connectivity index (χ2n) is 9.47. The maximum absolute atomic E-state index is 13.3. The molecule has 0 bridgehead atoms. The van der Waals surface area contributed by atoms with Crippen molar-refractivity contribution in [3.63, 3.8) is 0 Å². The molecular formula is C32H27N5O2. The fourth-order valence-corrected chi connectivity index (χ4v) is 5.06. The van der Waals surface area contributed by atoms with Crippen LogP contribution in [0.5, 0.6) is 0 Å². The summed E-state index contributed by atoms with van der Waals surface area (Å²) in [4.78, 5) is 31.1. The summed E-state index contributed by atoms with van der Waals surface area (Å²) < 4.78 is 3.28. The maximum atomic E-state index is 13.3. The molecule has 2 aromatic heterocycles. The lowest BCUT2D eigenvalue weighted by Crippen LogP contribution is -2.32. The van der Waals surface area contributed by atoms with Gasteiger partial charge in [0.25, 0.3) is 5.56 Å². The van der Waals surface area contributed by atoms with Crippen LogP contribution in [0.1, 0.15) is 22.6 Å². The fraction of sp³-hybridized carbons (Fsp3) is 0.125. The van der Waals surface area contributed by atoms with Crippen molar-refractivity contribution in [1.29, 1.82) is 0 Å². The van der Waals surface area contributed by atoms with Crippen molar-refractivity contribution < 1.29 is 4.79 Å². The van der Waals surface area contributed by atoms with Crippen LogP contribution in [-0.2, 0) is 17.9 Å². The molecule has 0 saturated carbocycles. The highest BCUT2D eigenvalue weighted by Crippen LogP contribution is 2.24. The number of hydrogen-bond donors (Lipinski definition) is 1. The monoisotopic (exact) mass is 513 g/mol. The van der Waals surface area contributed by atoms with Crippen LogP contribution in [0.2, 0.25) is 0 Å². The van der Waals surface area contributed by atoms with Gasteiger partial charge in [-0.2, -0.15) is 5.10 Å². The quantitative estimate of drug-likeness (QED) is 0.319. The third kappa shape index (κ3) is 4.94. The molecule has 0 radical (unpaired) electrons. The lowest BCUT2D eigenvalue weighted by atomic mass is 9.90. The van der Waals surface area contributed by atoms with Gasteiger partial charge in [0, 0.05) is 6.54 Å². The predicted octanol–water partition coefficient (Wildman–Crippen LogP) is 4.74. The number of aromatic nitrogens is 4. The number of fused-ring (bicyclic) bond motifs is 2. The second kappa shape index (κ2) is 10.8. The molecule has 0 aliphatic carbocycles. The maximum Gasteiger partial charge on any atom is 0.264 e. The van der Waals surface area contributed by atoms with Crippen molar-refractivity contribution in [2.45, 2.75) is 19.0 Å².